The van der Waals surface area contributed by atoms with Crippen LogP contribution in [0.4, 0.5) is 5.13 Å². The molecule has 2 aromatic rings. The third kappa shape index (κ3) is 6.51. The molecule has 14 heteroatoms. The van der Waals surface area contributed by atoms with Gasteiger partial charge in [0.25, 0.3) is 11.8 Å². The number of β-lactam (4-membered cyclic amide) rings is 1. The number of anilines is 1. The molecular formula is C26H27N5O7S2. The van der Waals surface area contributed by atoms with Crippen molar-refractivity contribution >= 4 is 63.8 Å². The SMILES string of the molecule is CON=C(C(=O)NC1C(=O)N2C(C(=O)OCC(C)=Cc3ccccc3)=C(COC(C)=O)CS[C@H]12)c1csc(N)n1. The minimum atomic E-state index is -0.951. The molecule has 2 amide bonds. The maximum Gasteiger partial charge on any atom is 0.355 e. The number of thioether (sulfide) groups is 1. The maximum absolute atomic E-state index is 13.3. The van der Waals surface area contributed by atoms with Gasteiger partial charge in [-0.05, 0) is 18.1 Å². The van der Waals surface area contributed by atoms with E-state index in [0.29, 0.717) is 5.57 Å². The average Bonchev–Trinajstić information content (AvgIpc) is 3.37. The van der Waals surface area contributed by atoms with E-state index in [1.54, 1.807) is 5.38 Å². The highest BCUT2D eigenvalue weighted by Gasteiger charge is 2.54. The molecule has 0 spiro atoms. The Hall–Kier alpha value is -4.17. The first kappa shape index (κ1) is 28.8. The van der Waals surface area contributed by atoms with Crippen LogP contribution in [0, 0.1) is 0 Å². The van der Waals surface area contributed by atoms with E-state index >= 15 is 0 Å². The fourth-order valence-electron chi connectivity index (χ4n) is 4.00. The van der Waals surface area contributed by atoms with Crippen LogP contribution in [0.15, 0.2) is 57.7 Å². The molecule has 0 saturated carbocycles. The van der Waals surface area contributed by atoms with Gasteiger partial charge >= 0.3 is 11.9 Å². The van der Waals surface area contributed by atoms with Crippen LogP contribution in [0.5, 0.6) is 0 Å². The number of nitrogen functional groups attached to an aromatic ring is 1. The van der Waals surface area contributed by atoms with Crippen molar-refractivity contribution in [2.24, 2.45) is 5.16 Å². The van der Waals surface area contributed by atoms with Crippen molar-refractivity contribution < 1.29 is 33.5 Å². The second-order valence-corrected chi connectivity index (χ2v) is 10.8. The zero-order valence-electron chi connectivity index (χ0n) is 21.9. The van der Waals surface area contributed by atoms with Gasteiger partial charge < -0.3 is 25.4 Å². The third-order valence-corrected chi connectivity index (χ3v) is 7.80. The first-order chi connectivity index (χ1) is 19.2. The number of carbonyl (C=O) groups is 4. The fraction of sp³-hybridized carbons (Fsp3) is 0.308. The summed E-state index contributed by atoms with van der Waals surface area (Å²) >= 11 is 2.44. The van der Waals surface area contributed by atoms with Crippen molar-refractivity contribution in [3.8, 4) is 0 Å². The summed E-state index contributed by atoms with van der Waals surface area (Å²) in [5.74, 6) is -2.19. The Balaban J connectivity index is 1.50. The van der Waals surface area contributed by atoms with Crippen LogP contribution in [-0.2, 0) is 33.5 Å². The molecule has 2 aliphatic heterocycles. The van der Waals surface area contributed by atoms with Crippen LogP contribution in [0.2, 0.25) is 0 Å². The van der Waals surface area contributed by atoms with Gasteiger partial charge in [0, 0.05) is 23.6 Å². The van der Waals surface area contributed by atoms with Gasteiger partial charge in [0.05, 0.1) is 0 Å². The molecule has 0 bridgehead atoms. The molecule has 0 aliphatic carbocycles. The topological polar surface area (TPSA) is 163 Å². The normalized spacial score (nSPS) is 19.0. The Kier molecular flexibility index (Phi) is 9.22. The van der Waals surface area contributed by atoms with E-state index in [9.17, 15) is 19.2 Å². The van der Waals surface area contributed by atoms with Crippen molar-refractivity contribution in [3.05, 3.63) is 63.8 Å². The number of oxime groups is 1. The van der Waals surface area contributed by atoms with Gasteiger partial charge in [-0.1, -0.05) is 41.6 Å². The molecule has 2 aliphatic rings. The van der Waals surface area contributed by atoms with E-state index in [-0.39, 0.29) is 41.2 Å². The molecule has 1 aromatic heterocycles. The summed E-state index contributed by atoms with van der Waals surface area (Å²) in [4.78, 5) is 61.1. The molecule has 1 fully saturated rings. The highest BCUT2D eigenvalue weighted by molar-refractivity contribution is 8.00. The minimum absolute atomic E-state index is 0.00562. The molecule has 1 saturated heterocycles. The van der Waals surface area contributed by atoms with Crippen LogP contribution in [0.3, 0.4) is 0 Å². The number of amides is 2. The Morgan fingerprint density at radius 2 is 1.98 bits per heavy atom. The van der Waals surface area contributed by atoms with E-state index in [0.717, 1.165) is 22.5 Å². The number of esters is 2. The molecule has 1 unspecified atom stereocenters. The second-order valence-electron chi connectivity index (χ2n) is 8.76. The predicted octanol–water partition coefficient (Wildman–Crippen LogP) is 1.94. The summed E-state index contributed by atoms with van der Waals surface area (Å²) < 4.78 is 10.7. The molecule has 210 valence electrons. The fourth-order valence-corrected chi connectivity index (χ4v) is 5.87. The molecular weight excluding hydrogens is 558 g/mol. The van der Waals surface area contributed by atoms with E-state index in [1.165, 1.54) is 30.7 Å². The van der Waals surface area contributed by atoms with Crippen molar-refractivity contribution in [3.63, 3.8) is 0 Å². The minimum Gasteiger partial charge on any atom is -0.461 e. The number of nitrogens with two attached hydrogens (primary N) is 1. The van der Waals surface area contributed by atoms with Gasteiger partial charge in [0.1, 0.15) is 43.1 Å². The summed E-state index contributed by atoms with van der Waals surface area (Å²) in [6, 6.07) is 8.60. The maximum atomic E-state index is 13.3. The lowest BCUT2D eigenvalue weighted by atomic mass is 10.0. The Morgan fingerprint density at radius 1 is 1.23 bits per heavy atom. The summed E-state index contributed by atoms with van der Waals surface area (Å²) in [6.07, 6.45) is 1.89. The number of thiazole rings is 1. The molecule has 1 aromatic carbocycles. The van der Waals surface area contributed by atoms with Crippen LogP contribution >= 0.6 is 23.1 Å². The van der Waals surface area contributed by atoms with Gasteiger partial charge in [-0.2, -0.15) is 0 Å². The summed E-state index contributed by atoms with van der Waals surface area (Å²) in [7, 11) is 1.28. The van der Waals surface area contributed by atoms with Crippen molar-refractivity contribution in [2.45, 2.75) is 25.3 Å². The predicted molar refractivity (Wildman–Crippen MR) is 150 cm³/mol. The number of nitrogens with zero attached hydrogens (tertiary/aromatic N) is 3. The van der Waals surface area contributed by atoms with Gasteiger partial charge in [-0.15, -0.1) is 23.1 Å². The largest absolute Gasteiger partial charge is 0.461 e. The zero-order valence-corrected chi connectivity index (χ0v) is 23.5. The lowest BCUT2D eigenvalue weighted by Gasteiger charge is -2.49. The Bertz CT molecular complexity index is 1400. The first-order valence-corrected chi connectivity index (χ1v) is 13.9. The van der Waals surface area contributed by atoms with E-state index in [1.807, 2.05) is 43.3 Å². The number of benzene rings is 1. The molecule has 4 rings (SSSR count). The summed E-state index contributed by atoms with van der Waals surface area (Å²) in [5, 5.41) is 7.58. The number of hydrogen-bond donors (Lipinski definition) is 2. The zero-order chi connectivity index (χ0) is 28.8. The van der Waals surface area contributed by atoms with Gasteiger partial charge in [0.2, 0.25) is 0 Å². The van der Waals surface area contributed by atoms with Crippen molar-refractivity contribution in [1.29, 1.82) is 0 Å². The Morgan fingerprint density at radius 3 is 2.62 bits per heavy atom. The lowest BCUT2D eigenvalue weighted by molar-refractivity contribution is -0.152. The second kappa shape index (κ2) is 12.8. The standard InChI is InChI=1S/C26H27N5O7S2/c1-14(9-16-7-5-4-6-8-16)10-38-25(35)21-17(11-37-15(2)32)12-39-24-20(23(34)31(21)24)29-22(33)19(30-36-3)18-13-40-26(27)28-18/h4-9,13,20,24H,10-12H2,1-3H3,(H2,27,28)(H,29,33)/t20?,24-/m1/s1. The van der Waals surface area contributed by atoms with E-state index < -0.39 is 35.2 Å². The van der Waals surface area contributed by atoms with E-state index in [4.69, 9.17) is 20.0 Å². The molecule has 40 heavy (non-hydrogen) atoms. The van der Waals surface area contributed by atoms with Gasteiger partial charge in [-0.3, -0.25) is 19.3 Å². The summed E-state index contributed by atoms with van der Waals surface area (Å²) in [5.41, 5.74) is 7.91. The van der Waals surface area contributed by atoms with Gasteiger partial charge in [-0.25, -0.2) is 9.78 Å². The van der Waals surface area contributed by atoms with Crippen molar-refractivity contribution in [1.82, 2.24) is 15.2 Å². The molecule has 0 radical (unpaired) electrons. The van der Waals surface area contributed by atoms with E-state index in [2.05, 4.69) is 15.5 Å². The van der Waals surface area contributed by atoms with Crippen molar-refractivity contribution in [2.75, 3.05) is 31.8 Å². The number of nitrogens with one attached hydrogen (secondary N) is 1. The van der Waals surface area contributed by atoms with Gasteiger partial charge in [0.15, 0.2) is 10.8 Å². The van der Waals surface area contributed by atoms with Crippen LogP contribution in [0.25, 0.3) is 6.08 Å². The lowest BCUT2D eigenvalue weighted by Crippen LogP contribution is -2.71. The molecule has 2 atom stereocenters. The molecule has 12 nitrogen and oxygen atoms in total. The number of hydrogen-bond acceptors (Lipinski definition) is 12. The van der Waals surface area contributed by atoms with Crippen LogP contribution in [-0.4, -0.2) is 76.8 Å². The first-order valence-electron chi connectivity index (χ1n) is 12.0. The monoisotopic (exact) mass is 585 g/mol. The highest BCUT2D eigenvalue weighted by Crippen LogP contribution is 2.41. The number of carbonyl (C=O) groups excluding carboxylic acids is 4. The third-order valence-electron chi connectivity index (χ3n) is 5.78. The molecule has 3 N–H and O–H groups in total. The molecule has 3 heterocycles. The number of fused-ring (bicyclic) bond motifs is 1. The highest BCUT2D eigenvalue weighted by atomic mass is 32.2. The smallest absolute Gasteiger partial charge is 0.355 e. The average molecular weight is 586 g/mol. The number of aromatic nitrogens is 1. The Labute approximate surface area is 238 Å². The number of rotatable bonds is 10. The van der Waals surface area contributed by atoms with Crippen LogP contribution in [0.1, 0.15) is 25.1 Å². The quantitative estimate of drug-likeness (QED) is 0.182. The van der Waals surface area contributed by atoms with Crippen LogP contribution < -0.4 is 11.1 Å². The number of ether oxygens (including phenoxy) is 2. The summed E-state index contributed by atoms with van der Waals surface area (Å²) in [6.45, 7) is 2.90.